The molecule has 188 valence electrons. The predicted octanol–water partition coefficient (Wildman–Crippen LogP) is 4.77. The number of carbonyl (C=O) groups excluding carboxylic acids is 1. The lowest BCUT2D eigenvalue weighted by Crippen LogP contribution is -2.54. The van der Waals surface area contributed by atoms with E-state index in [1.807, 2.05) is 0 Å². The maximum absolute atomic E-state index is 12.6. The molecule has 4 saturated carbocycles. The molecule has 0 saturated heterocycles. The fourth-order valence-electron chi connectivity index (χ4n) is 8.77. The third-order valence-electron chi connectivity index (χ3n) is 10.5. The van der Waals surface area contributed by atoms with Crippen LogP contribution in [0, 0.1) is 41.4 Å². The Morgan fingerprint density at radius 3 is 2.80 bits per heavy atom. The van der Waals surface area contributed by atoms with E-state index in [2.05, 4.69) is 29.0 Å². The highest BCUT2D eigenvalue weighted by molar-refractivity contribution is 5.94. The van der Waals surface area contributed by atoms with Gasteiger partial charge in [0.1, 0.15) is 11.9 Å². The van der Waals surface area contributed by atoms with E-state index in [0.29, 0.717) is 34.7 Å². The Morgan fingerprint density at radius 1 is 1.17 bits per heavy atom. The van der Waals surface area contributed by atoms with Crippen molar-refractivity contribution in [3.63, 3.8) is 0 Å². The summed E-state index contributed by atoms with van der Waals surface area (Å²) in [6, 6.07) is 1.54. The van der Waals surface area contributed by atoms with Crippen molar-refractivity contribution in [3.05, 3.63) is 22.2 Å². The molecule has 2 heterocycles. The summed E-state index contributed by atoms with van der Waals surface area (Å²) in [5, 5.41) is 6.96. The molecule has 0 aromatic carbocycles. The second kappa shape index (κ2) is 8.00. The molecule has 2 aromatic rings. The average molecular weight is 480 g/mol. The van der Waals surface area contributed by atoms with Crippen LogP contribution in [0.4, 0.5) is 5.82 Å². The Hall–Kier alpha value is -2.51. The lowest BCUT2D eigenvalue weighted by atomic mass is 9.45. The van der Waals surface area contributed by atoms with Crippen molar-refractivity contribution in [2.75, 3.05) is 0 Å². The smallest absolute Gasteiger partial charge is 0.302 e. The van der Waals surface area contributed by atoms with Gasteiger partial charge in [-0.3, -0.25) is 9.59 Å². The number of carbonyl (C=O) groups is 1. The quantitative estimate of drug-likeness (QED) is 0.625. The first-order chi connectivity index (χ1) is 16.7. The summed E-state index contributed by atoms with van der Waals surface area (Å²) in [5.74, 6) is 4.18. The zero-order chi connectivity index (χ0) is 24.5. The number of aromatic amines is 1. The summed E-state index contributed by atoms with van der Waals surface area (Å²) in [6.07, 6.45) is 10.4. The van der Waals surface area contributed by atoms with Crippen LogP contribution in [0.15, 0.2) is 15.9 Å². The van der Waals surface area contributed by atoms with Gasteiger partial charge in [0.15, 0.2) is 5.82 Å². The number of H-pyrrole nitrogens is 1. The number of fused-ring (bicyclic) bond motifs is 6. The fourth-order valence-corrected chi connectivity index (χ4v) is 8.77. The van der Waals surface area contributed by atoms with E-state index in [9.17, 15) is 9.59 Å². The maximum Gasteiger partial charge on any atom is 0.302 e. The minimum absolute atomic E-state index is 0.0794. The molecule has 7 atom stereocenters. The summed E-state index contributed by atoms with van der Waals surface area (Å²) in [4.78, 5) is 33.7. The number of hydrogen-bond donors (Lipinski definition) is 1. The SMILES string of the molecule is CC(=O)O[C@H]1CC[C@@]2(C)[C@@H](CC[C@@H]3[C@@H]2CC[C@]2(C)/C(=N\c4cc(=O)n5c(C)n[nH]c5n4)CC[C@@H]32)C1. The molecule has 0 radical (unpaired) electrons. The van der Waals surface area contributed by atoms with Gasteiger partial charge in [0.05, 0.1) is 0 Å². The molecule has 4 aliphatic rings. The summed E-state index contributed by atoms with van der Waals surface area (Å²) >= 11 is 0. The van der Waals surface area contributed by atoms with E-state index in [1.54, 1.807) is 13.0 Å². The van der Waals surface area contributed by atoms with Crippen molar-refractivity contribution < 1.29 is 9.53 Å². The van der Waals surface area contributed by atoms with Crippen LogP contribution in [-0.2, 0) is 9.53 Å². The number of nitrogens with zero attached hydrogens (tertiary/aromatic N) is 4. The number of rotatable bonds is 2. The van der Waals surface area contributed by atoms with Gasteiger partial charge >= 0.3 is 5.97 Å². The molecule has 2 aromatic heterocycles. The van der Waals surface area contributed by atoms with Gasteiger partial charge in [0, 0.05) is 24.1 Å². The van der Waals surface area contributed by atoms with E-state index in [0.717, 1.165) is 37.5 Å². The Kier molecular flexibility index (Phi) is 5.24. The number of hydrogen-bond acceptors (Lipinski definition) is 6. The van der Waals surface area contributed by atoms with Gasteiger partial charge in [-0.1, -0.05) is 13.8 Å². The first-order valence-electron chi connectivity index (χ1n) is 13.4. The molecule has 0 bridgehead atoms. The van der Waals surface area contributed by atoms with Gasteiger partial charge in [-0.15, -0.1) is 0 Å². The topological polar surface area (TPSA) is 102 Å². The molecule has 0 spiro atoms. The van der Waals surface area contributed by atoms with Crippen LogP contribution in [0.3, 0.4) is 0 Å². The standard InChI is InChI=1S/C27H37N5O3/c1-15-30-31-25-29-23(14-24(34)32(15)25)28-22-8-7-20-19-6-5-17-13-18(35-16(2)33)9-11-26(17,3)21(19)10-12-27(20,22)4/h14,17-21H,5-13H2,1-4H3,(H,29,31)/b28-22-/t17-,18-,19-,20-,21-,26-,27-/m0/s1. The Labute approximate surface area is 206 Å². The second-order valence-electron chi connectivity index (χ2n) is 12.1. The van der Waals surface area contributed by atoms with Crippen LogP contribution in [0.2, 0.25) is 0 Å². The molecule has 4 aliphatic carbocycles. The predicted molar refractivity (Wildman–Crippen MR) is 133 cm³/mol. The minimum atomic E-state index is -0.141. The molecule has 0 amide bonds. The molecule has 0 aliphatic heterocycles. The molecule has 8 heteroatoms. The van der Waals surface area contributed by atoms with E-state index in [1.165, 1.54) is 49.1 Å². The van der Waals surface area contributed by atoms with Gasteiger partial charge in [0.2, 0.25) is 5.78 Å². The van der Waals surface area contributed by atoms with E-state index in [-0.39, 0.29) is 23.0 Å². The van der Waals surface area contributed by atoms with Crippen LogP contribution < -0.4 is 5.56 Å². The molecule has 8 nitrogen and oxygen atoms in total. The molecular weight excluding hydrogens is 442 g/mol. The van der Waals surface area contributed by atoms with E-state index in [4.69, 9.17) is 9.73 Å². The van der Waals surface area contributed by atoms with Crippen molar-refractivity contribution in [2.24, 2.45) is 39.5 Å². The van der Waals surface area contributed by atoms with Gasteiger partial charge in [-0.25, -0.2) is 14.5 Å². The van der Waals surface area contributed by atoms with Crippen molar-refractivity contribution in [1.29, 1.82) is 0 Å². The van der Waals surface area contributed by atoms with Crippen molar-refractivity contribution >= 4 is 23.3 Å². The number of aryl methyl sites for hydroxylation is 1. The van der Waals surface area contributed by atoms with Crippen LogP contribution in [0.5, 0.6) is 0 Å². The average Bonchev–Trinajstić information content (AvgIpc) is 3.34. The van der Waals surface area contributed by atoms with Crippen molar-refractivity contribution in [3.8, 4) is 0 Å². The maximum atomic E-state index is 12.6. The monoisotopic (exact) mass is 479 g/mol. The van der Waals surface area contributed by atoms with Crippen molar-refractivity contribution in [2.45, 2.75) is 91.6 Å². The number of ether oxygens (including phenoxy) is 1. The van der Waals surface area contributed by atoms with Gasteiger partial charge in [-0.2, -0.15) is 10.1 Å². The second-order valence-corrected chi connectivity index (χ2v) is 12.1. The normalized spacial score (nSPS) is 39.8. The van der Waals surface area contributed by atoms with E-state index >= 15 is 0 Å². The summed E-state index contributed by atoms with van der Waals surface area (Å²) < 4.78 is 7.11. The van der Waals surface area contributed by atoms with Crippen LogP contribution in [0.25, 0.3) is 5.78 Å². The number of esters is 1. The van der Waals surface area contributed by atoms with Crippen LogP contribution in [0.1, 0.15) is 84.4 Å². The summed E-state index contributed by atoms with van der Waals surface area (Å²) in [5.41, 5.74) is 1.51. The molecule has 35 heavy (non-hydrogen) atoms. The first-order valence-corrected chi connectivity index (χ1v) is 13.4. The highest BCUT2D eigenvalue weighted by Crippen LogP contribution is 2.65. The number of aliphatic imine (C=N–C) groups is 1. The molecule has 0 unspecified atom stereocenters. The minimum Gasteiger partial charge on any atom is -0.463 e. The third-order valence-corrected chi connectivity index (χ3v) is 10.5. The lowest BCUT2D eigenvalue weighted by Gasteiger charge is -2.60. The molecule has 6 rings (SSSR count). The largest absolute Gasteiger partial charge is 0.463 e. The van der Waals surface area contributed by atoms with E-state index < -0.39 is 0 Å². The highest BCUT2D eigenvalue weighted by atomic mass is 16.5. The molecule has 4 fully saturated rings. The van der Waals surface area contributed by atoms with Gasteiger partial charge < -0.3 is 4.74 Å². The van der Waals surface area contributed by atoms with Crippen LogP contribution in [-0.4, -0.2) is 37.4 Å². The van der Waals surface area contributed by atoms with Crippen molar-refractivity contribution in [1.82, 2.24) is 19.6 Å². The summed E-state index contributed by atoms with van der Waals surface area (Å²) in [6.45, 7) is 8.27. The highest BCUT2D eigenvalue weighted by Gasteiger charge is 2.59. The lowest BCUT2D eigenvalue weighted by molar-refractivity contribution is -0.158. The Balaban J connectivity index is 1.25. The molecule has 1 N–H and O–H groups in total. The number of aromatic nitrogens is 4. The fraction of sp³-hybridized carbons (Fsp3) is 0.741. The van der Waals surface area contributed by atoms with Gasteiger partial charge in [-0.05, 0) is 93.8 Å². The Bertz CT molecular complexity index is 1260. The first kappa shape index (κ1) is 22.9. The van der Waals surface area contributed by atoms with Crippen LogP contribution >= 0.6 is 0 Å². The Morgan fingerprint density at radius 2 is 2.00 bits per heavy atom. The number of nitrogens with one attached hydrogen (secondary N) is 1. The molecular formula is C27H37N5O3. The van der Waals surface area contributed by atoms with Gasteiger partial charge in [0.25, 0.3) is 5.56 Å². The summed E-state index contributed by atoms with van der Waals surface area (Å²) in [7, 11) is 0. The third kappa shape index (κ3) is 3.50. The zero-order valence-corrected chi connectivity index (χ0v) is 21.3. The zero-order valence-electron chi connectivity index (χ0n) is 21.3.